The fourth-order valence-corrected chi connectivity index (χ4v) is 5.21. The van der Waals surface area contributed by atoms with Gasteiger partial charge in [-0.05, 0) is 60.3 Å². The molecule has 1 fully saturated rings. The lowest BCUT2D eigenvalue weighted by Gasteiger charge is -2.35. The van der Waals surface area contributed by atoms with Crippen molar-refractivity contribution in [2.24, 2.45) is 0 Å². The van der Waals surface area contributed by atoms with Crippen LogP contribution in [0.1, 0.15) is 11.1 Å². The fraction of sp³-hybridized carbons (Fsp3) is 0.259. The molecular formula is C27H29N5OS. The van der Waals surface area contributed by atoms with Crippen molar-refractivity contribution in [3.63, 3.8) is 0 Å². The number of urea groups is 1. The van der Waals surface area contributed by atoms with E-state index in [2.05, 4.69) is 50.8 Å². The molecule has 1 saturated heterocycles. The Labute approximate surface area is 204 Å². The Kier molecular flexibility index (Phi) is 6.74. The molecule has 1 aliphatic rings. The first-order chi connectivity index (χ1) is 16.7. The Morgan fingerprint density at radius 3 is 2.38 bits per heavy atom. The van der Waals surface area contributed by atoms with Crippen molar-refractivity contribution in [1.82, 2.24) is 9.27 Å². The van der Waals surface area contributed by atoms with Gasteiger partial charge in [0.05, 0.1) is 4.70 Å². The van der Waals surface area contributed by atoms with E-state index in [0.29, 0.717) is 0 Å². The molecule has 0 bridgehead atoms. The van der Waals surface area contributed by atoms with Gasteiger partial charge in [0.15, 0.2) is 0 Å². The number of nitrogens with one attached hydrogen (secondary N) is 2. The van der Waals surface area contributed by atoms with Gasteiger partial charge in [0.1, 0.15) is 5.82 Å². The van der Waals surface area contributed by atoms with Gasteiger partial charge in [-0.15, -0.1) is 0 Å². The van der Waals surface area contributed by atoms with Gasteiger partial charge in [0, 0.05) is 49.5 Å². The maximum atomic E-state index is 12.6. The SMILES string of the molecule is Cc1ccccc1NC(=O)Nc1ccccc1CCN1CCN(c2nsc3ccccc23)CC1. The van der Waals surface area contributed by atoms with E-state index in [0.717, 1.165) is 67.5 Å². The first kappa shape index (κ1) is 22.4. The number of aryl methyl sites for hydroxylation is 1. The summed E-state index contributed by atoms with van der Waals surface area (Å²) in [5.74, 6) is 1.12. The topological polar surface area (TPSA) is 60.5 Å². The number of hydrogen-bond acceptors (Lipinski definition) is 5. The lowest BCUT2D eigenvalue weighted by atomic mass is 10.1. The van der Waals surface area contributed by atoms with Crippen LogP contribution in [0, 0.1) is 6.92 Å². The highest BCUT2D eigenvalue weighted by molar-refractivity contribution is 7.13. The molecule has 2 amide bonds. The maximum absolute atomic E-state index is 12.6. The van der Waals surface area contributed by atoms with Crippen molar-refractivity contribution in [1.29, 1.82) is 0 Å². The molecule has 5 rings (SSSR count). The smallest absolute Gasteiger partial charge is 0.323 e. The molecule has 0 spiro atoms. The molecule has 0 aliphatic carbocycles. The maximum Gasteiger partial charge on any atom is 0.323 e. The molecule has 174 valence electrons. The van der Waals surface area contributed by atoms with Gasteiger partial charge >= 0.3 is 6.03 Å². The predicted molar refractivity (Wildman–Crippen MR) is 142 cm³/mol. The molecule has 0 radical (unpaired) electrons. The van der Waals surface area contributed by atoms with Crippen LogP contribution < -0.4 is 15.5 Å². The van der Waals surface area contributed by atoms with Gasteiger partial charge in [-0.2, -0.15) is 4.37 Å². The normalized spacial score (nSPS) is 14.3. The zero-order valence-corrected chi connectivity index (χ0v) is 20.1. The van der Waals surface area contributed by atoms with E-state index in [4.69, 9.17) is 4.37 Å². The van der Waals surface area contributed by atoms with Crippen molar-refractivity contribution in [2.75, 3.05) is 48.3 Å². The van der Waals surface area contributed by atoms with Crippen LogP contribution in [0.4, 0.5) is 22.0 Å². The van der Waals surface area contributed by atoms with Crippen molar-refractivity contribution in [2.45, 2.75) is 13.3 Å². The molecule has 2 N–H and O–H groups in total. The largest absolute Gasteiger partial charge is 0.353 e. The minimum Gasteiger partial charge on any atom is -0.353 e. The van der Waals surface area contributed by atoms with Gasteiger partial charge in [-0.3, -0.25) is 4.90 Å². The molecule has 1 aromatic heterocycles. The van der Waals surface area contributed by atoms with Gasteiger partial charge < -0.3 is 15.5 Å². The van der Waals surface area contributed by atoms with E-state index < -0.39 is 0 Å². The molecule has 2 heterocycles. The van der Waals surface area contributed by atoms with Crippen molar-refractivity contribution in [3.8, 4) is 0 Å². The van der Waals surface area contributed by atoms with E-state index in [1.807, 2.05) is 49.4 Å². The third kappa shape index (κ3) is 5.05. The highest BCUT2D eigenvalue weighted by Crippen LogP contribution is 2.30. The monoisotopic (exact) mass is 471 g/mol. The quantitative estimate of drug-likeness (QED) is 0.384. The van der Waals surface area contributed by atoms with Gasteiger partial charge in [0.2, 0.25) is 0 Å². The third-order valence-corrected chi connectivity index (χ3v) is 7.20. The fourth-order valence-electron chi connectivity index (χ4n) is 4.41. The number of benzene rings is 3. The Hall–Kier alpha value is -3.42. The van der Waals surface area contributed by atoms with E-state index in [9.17, 15) is 4.79 Å². The number of fused-ring (bicyclic) bond motifs is 1. The van der Waals surface area contributed by atoms with Crippen molar-refractivity contribution in [3.05, 3.63) is 83.9 Å². The number of carbonyl (C=O) groups is 1. The summed E-state index contributed by atoms with van der Waals surface area (Å²) in [5, 5.41) is 7.24. The summed E-state index contributed by atoms with van der Waals surface area (Å²) in [6, 6.07) is 24.1. The molecule has 1 aliphatic heterocycles. The number of amides is 2. The summed E-state index contributed by atoms with van der Waals surface area (Å²) in [7, 11) is 0. The summed E-state index contributed by atoms with van der Waals surface area (Å²) in [5.41, 5.74) is 3.87. The number of hydrogen-bond donors (Lipinski definition) is 2. The van der Waals surface area contributed by atoms with Crippen LogP contribution in [0.25, 0.3) is 10.1 Å². The molecule has 0 atom stereocenters. The Morgan fingerprint density at radius 2 is 1.56 bits per heavy atom. The van der Waals surface area contributed by atoms with E-state index in [-0.39, 0.29) is 6.03 Å². The van der Waals surface area contributed by atoms with Crippen LogP contribution >= 0.6 is 11.5 Å². The minimum atomic E-state index is -0.217. The number of nitrogens with zero attached hydrogens (tertiary/aromatic N) is 3. The summed E-state index contributed by atoms with van der Waals surface area (Å²) in [4.78, 5) is 17.5. The molecule has 3 aromatic carbocycles. The number of piperazine rings is 1. The van der Waals surface area contributed by atoms with Crippen LogP contribution in [-0.2, 0) is 6.42 Å². The first-order valence-corrected chi connectivity index (χ1v) is 12.5. The van der Waals surface area contributed by atoms with E-state index in [1.165, 1.54) is 10.1 Å². The zero-order valence-electron chi connectivity index (χ0n) is 19.3. The Morgan fingerprint density at radius 1 is 0.882 bits per heavy atom. The number of rotatable bonds is 6. The lowest BCUT2D eigenvalue weighted by molar-refractivity contribution is 0.260. The molecule has 6 nitrogen and oxygen atoms in total. The number of anilines is 3. The average molecular weight is 472 g/mol. The Bertz CT molecular complexity index is 1280. The first-order valence-electron chi connectivity index (χ1n) is 11.7. The molecule has 34 heavy (non-hydrogen) atoms. The third-order valence-electron chi connectivity index (χ3n) is 6.39. The van der Waals surface area contributed by atoms with Crippen LogP contribution in [0.15, 0.2) is 72.8 Å². The highest BCUT2D eigenvalue weighted by Gasteiger charge is 2.20. The molecule has 0 unspecified atom stereocenters. The summed E-state index contributed by atoms with van der Waals surface area (Å²) >= 11 is 1.58. The van der Waals surface area contributed by atoms with Crippen LogP contribution in [0.2, 0.25) is 0 Å². The average Bonchev–Trinajstić information content (AvgIpc) is 3.29. The zero-order chi connectivity index (χ0) is 23.3. The second kappa shape index (κ2) is 10.2. The van der Waals surface area contributed by atoms with Crippen molar-refractivity contribution >= 4 is 44.8 Å². The van der Waals surface area contributed by atoms with Crippen LogP contribution in [-0.4, -0.2) is 48.0 Å². The lowest BCUT2D eigenvalue weighted by Crippen LogP contribution is -2.47. The molecular weight excluding hydrogens is 442 g/mol. The highest BCUT2D eigenvalue weighted by atomic mass is 32.1. The number of aromatic nitrogens is 1. The predicted octanol–water partition coefficient (Wildman–Crippen LogP) is 5.61. The van der Waals surface area contributed by atoms with Crippen LogP contribution in [0.3, 0.4) is 0 Å². The Balaban J connectivity index is 1.16. The molecule has 0 saturated carbocycles. The second-order valence-electron chi connectivity index (χ2n) is 8.63. The molecule has 7 heteroatoms. The van der Waals surface area contributed by atoms with Crippen molar-refractivity contribution < 1.29 is 4.79 Å². The number of para-hydroxylation sites is 2. The second-order valence-corrected chi connectivity index (χ2v) is 9.44. The van der Waals surface area contributed by atoms with Gasteiger partial charge in [0.25, 0.3) is 0 Å². The van der Waals surface area contributed by atoms with Crippen LogP contribution in [0.5, 0.6) is 0 Å². The summed E-state index contributed by atoms with van der Waals surface area (Å²) in [6.45, 7) is 6.92. The molecule has 4 aromatic rings. The summed E-state index contributed by atoms with van der Waals surface area (Å²) in [6.07, 6.45) is 0.889. The standard InChI is InChI=1S/C27H29N5OS/c1-20-8-2-5-11-23(20)28-27(33)29-24-12-6-3-9-21(24)14-15-31-16-18-32(19-17-31)26-22-10-4-7-13-25(22)34-30-26/h2-13H,14-19H2,1H3,(H2,28,29,33). The summed E-state index contributed by atoms with van der Waals surface area (Å²) < 4.78 is 5.96. The number of carbonyl (C=O) groups excluding carboxylic acids is 1. The van der Waals surface area contributed by atoms with Gasteiger partial charge in [-0.1, -0.05) is 48.5 Å². The minimum absolute atomic E-state index is 0.217. The van der Waals surface area contributed by atoms with Gasteiger partial charge in [-0.25, -0.2) is 4.79 Å². The van der Waals surface area contributed by atoms with E-state index >= 15 is 0 Å². The van der Waals surface area contributed by atoms with E-state index in [1.54, 1.807) is 11.5 Å².